The van der Waals surface area contributed by atoms with Crippen molar-refractivity contribution < 1.29 is 9.59 Å². The Morgan fingerprint density at radius 1 is 1.10 bits per heavy atom. The van der Waals surface area contributed by atoms with E-state index in [0.717, 1.165) is 35.3 Å². The van der Waals surface area contributed by atoms with Gasteiger partial charge in [0.15, 0.2) is 0 Å². The molecular formula is C15H16N2O2S. The minimum Gasteiger partial charge on any atom is -0.372 e. The van der Waals surface area contributed by atoms with E-state index in [1.54, 1.807) is 6.08 Å². The lowest BCUT2D eigenvalue weighted by atomic mass is 10.2. The summed E-state index contributed by atoms with van der Waals surface area (Å²) in [5.41, 5.74) is 2.18. The SMILES string of the molecule is CN1C(=O)SC(=Cc2ccc(N3CCCC3)cc2)C1=O. The highest BCUT2D eigenvalue weighted by Crippen LogP contribution is 2.31. The molecule has 2 aliphatic rings. The average Bonchev–Trinajstić information content (AvgIpc) is 3.06. The Balaban J connectivity index is 1.78. The maximum atomic E-state index is 11.8. The number of anilines is 1. The van der Waals surface area contributed by atoms with Crippen LogP contribution in [0.4, 0.5) is 10.5 Å². The summed E-state index contributed by atoms with van der Waals surface area (Å²) >= 11 is 0.994. The molecule has 2 aliphatic heterocycles. The summed E-state index contributed by atoms with van der Waals surface area (Å²) in [4.78, 5) is 27.2. The van der Waals surface area contributed by atoms with Gasteiger partial charge in [0, 0.05) is 25.8 Å². The van der Waals surface area contributed by atoms with Crippen LogP contribution < -0.4 is 4.90 Å². The maximum Gasteiger partial charge on any atom is 0.293 e. The number of thioether (sulfide) groups is 1. The highest BCUT2D eigenvalue weighted by Gasteiger charge is 2.31. The van der Waals surface area contributed by atoms with Gasteiger partial charge in [-0.25, -0.2) is 0 Å². The van der Waals surface area contributed by atoms with Crippen LogP contribution in [0.1, 0.15) is 18.4 Å². The van der Waals surface area contributed by atoms with Gasteiger partial charge in [0.1, 0.15) is 0 Å². The van der Waals surface area contributed by atoms with E-state index in [1.165, 1.54) is 25.6 Å². The summed E-state index contributed by atoms with van der Waals surface area (Å²) < 4.78 is 0. The van der Waals surface area contributed by atoms with Crippen molar-refractivity contribution >= 4 is 34.7 Å². The van der Waals surface area contributed by atoms with Gasteiger partial charge < -0.3 is 4.90 Å². The molecule has 0 N–H and O–H groups in total. The molecule has 5 heteroatoms. The van der Waals surface area contributed by atoms with E-state index < -0.39 is 0 Å². The fraction of sp³-hybridized carbons (Fsp3) is 0.333. The van der Waals surface area contributed by atoms with Crippen LogP contribution in [-0.2, 0) is 4.79 Å². The van der Waals surface area contributed by atoms with Crippen molar-refractivity contribution in [2.75, 3.05) is 25.0 Å². The first kappa shape index (κ1) is 13.2. The van der Waals surface area contributed by atoms with Crippen LogP contribution in [0, 0.1) is 0 Å². The average molecular weight is 288 g/mol. The zero-order valence-corrected chi connectivity index (χ0v) is 12.2. The fourth-order valence-electron chi connectivity index (χ4n) is 2.45. The molecule has 104 valence electrons. The van der Waals surface area contributed by atoms with Gasteiger partial charge in [-0.05, 0) is 48.4 Å². The van der Waals surface area contributed by atoms with Crippen molar-refractivity contribution in [3.05, 3.63) is 34.7 Å². The molecule has 2 fully saturated rings. The molecule has 1 aromatic rings. The van der Waals surface area contributed by atoms with Crippen molar-refractivity contribution in [3.63, 3.8) is 0 Å². The van der Waals surface area contributed by atoms with Crippen LogP contribution in [-0.4, -0.2) is 36.2 Å². The van der Waals surface area contributed by atoms with Crippen molar-refractivity contribution in [2.24, 2.45) is 0 Å². The number of nitrogens with zero attached hydrogens (tertiary/aromatic N) is 2. The smallest absolute Gasteiger partial charge is 0.293 e. The van der Waals surface area contributed by atoms with Gasteiger partial charge in [-0.1, -0.05) is 12.1 Å². The quantitative estimate of drug-likeness (QED) is 0.785. The summed E-state index contributed by atoms with van der Waals surface area (Å²) in [5.74, 6) is -0.219. The van der Waals surface area contributed by atoms with Crippen LogP contribution >= 0.6 is 11.8 Å². The highest BCUT2D eigenvalue weighted by molar-refractivity contribution is 8.18. The normalized spacial score (nSPS) is 21.4. The number of benzene rings is 1. The highest BCUT2D eigenvalue weighted by atomic mass is 32.2. The van der Waals surface area contributed by atoms with Crippen LogP contribution in [0.2, 0.25) is 0 Å². The molecule has 20 heavy (non-hydrogen) atoms. The van der Waals surface area contributed by atoms with E-state index in [2.05, 4.69) is 17.0 Å². The largest absolute Gasteiger partial charge is 0.372 e. The zero-order chi connectivity index (χ0) is 14.1. The third-order valence-corrected chi connectivity index (χ3v) is 4.61. The summed E-state index contributed by atoms with van der Waals surface area (Å²) in [6.07, 6.45) is 4.29. The fourth-order valence-corrected chi connectivity index (χ4v) is 3.28. The van der Waals surface area contributed by atoms with Crippen LogP contribution in [0.25, 0.3) is 6.08 Å². The molecule has 0 atom stereocenters. The predicted molar refractivity (Wildman–Crippen MR) is 81.6 cm³/mol. The molecule has 0 spiro atoms. The van der Waals surface area contributed by atoms with Gasteiger partial charge in [-0.3, -0.25) is 14.5 Å². The molecule has 0 bridgehead atoms. The number of likely N-dealkylation sites (N-methyl/N-ethyl adjacent to an activating group) is 1. The topological polar surface area (TPSA) is 40.6 Å². The van der Waals surface area contributed by atoms with Crippen molar-refractivity contribution in [2.45, 2.75) is 12.8 Å². The number of carbonyl (C=O) groups excluding carboxylic acids is 2. The van der Waals surface area contributed by atoms with Crippen molar-refractivity contribution in [3.8, 4) is 0 Å². The first-order chi connectivity index (χ1) is 9.65. The Morgan fingerprint density at radius 2 is 1.75 bits per heavy atom. The third kappa shape index (κ3) is 2.45. The standard InChI is InChI=1S/C15H16N2O2S/c1-16-14(18)13(20-15(16)19)10-11-4-6-12(7-5-11)17-8-2-3-9-17/h4-7,10H,2-3,8-9H2,1H3. The van der Waals surface area contributed by atoms with Crippen LogP contribution in [0.5, 0.6) is 0 Å². The predicted octanol–water partition coefficient (Wildman–Crippen LogP) is 2.95. The summed E-state index contributed by atoms with van der Waals surface area (Å²) in [5, 5.41) is -0.213. The van der Waals surface area contributed by atoms with Gasteiger partial charge in [-0.2, -0.15) is 0 Å². The minimum absolute atomic E-state index is 0.213. The number of imide groups is 1. The zero-order valence-electron chi connectivity index (χ0n) is 11.3. The number of amides is 2. The van der Waals surface area contributed by atoms with E-state index >= 15 is 0 Å². The first-order valence-corrected chi connectivity index (χ1v) is 7.53. The van der Waals surface area contributed by atoms with E-state index in [1.807, 2.05) is 12.1 Å². The lowest BCUT2D eigenvalue weighted by Crippen LogP contribution is -2.22. The molecule has 3 rings (SSSR count). The Labute approximate surface area is 122 Å². The maximum absolute atomic E-state index is 11.8. The molecule has 4 nitrogen and oxygen atoms in total. The number of rotatable bonds is 2. The van der Waals surface area contributed by atoms with Crippen molar-refractivity contribution in [1.29, 1.82) is 0 Å². The summed E-state index contributed by atoms with van der Waals surface area (Å²) in [6, 6.07) is 8.15. The van der Waals surface area contributed by atoms with E-state index in [9.17, 15) is 9.59 Å². The summed E-state index contributed by atoms with van der Waals surface area (Å²) in [7, 11) is 1.51. The lowest BCUT2D eigenvalue weighted by Gasteiger charge is -2.17. The van der Waals surface area contributed by atoms with E-state index in [0.29, 0.717) is 4.91 Å². The Kier molecular flexibility index (Phi) is 3.53. The second-order valence-electron chi connectivity index (χ2n) is 5.03. The van der Waals surface area contributed by atoms with E-state index in [4.69, 9.17) is 0 Å². The van der Waals surface area contributed by atoms with Gasteiger partial charge in [0.25, 0.3) is 11.1 Å². The van der Waals surface area contributed by atoms with Gasteiger partial charge >= 0.3 is 0 Å². The van der Waals surface area contributed by atoms with Gasteiger partial charge in [0.2, 0.25) is 0 Å². The summed E-state index contributed by atoms with van der Waals surface area (Å²) in [6.45, 7) is 2.24. The molecule has 2 heterocycles. The monoisotopic (exact) mass is 288 g/mol. The number of hydrogen-bond acceptors (Lipinski definition) is 4. The number of carbonyl (C=O) groups is 2. The van der Waals surface area contributed by atoms with Crippen molar-refractivity contribution in [1.82, 2.24) is 4.90 Å². The Bertz CT molecular complexity index is 574. The third-order valence-electron chi connectivity index (χ3n) is 3.65. The number of hydrogen-bond donors (Lipinski definition) is 0. The molecule has 0 radical (unpaired) electrons. The molecule has 2 saturated heterocycles. The molecule has 0 aliphatic carbocycles. The molecular weight excluding hydrogens is 272 g/mol. The second kappa shape index (κ2) is 5.32. The molecule has 0 aromatic heterocycles. The lowest BCUT2D eigenvalue weighted by molar-refractivity contribution is -0.121. The van der Waals surface area contributed by atoms with Crippen LogP contribution in [0.3, 0.4) is 0 Å². The van der Waals surface area contributed by atoms with Crippen LogP contribution in [0.15, 0.2) is 29.2 Å². The van der Waals surface area contributed by atoms with E-state index in [-0.39, 0.29) is 11.1 Å². The molecule has 2 amide bonds. The molecule has 0 saturated carbocycles. The Hall–Kier alpha value is -1.75. The molecule has 1 aromatic carbocycles. The van der Waals surface area contributed by atoms with Gasteiger partial charge in [0.05, 0.1) is 4.91 Å². The van der Waals surface area contributed by atoms with Gasteiger partial charge in [-0.15, -0.1) is 0 Å². The first-order valence-electron chi connectivity index (χ1n) is 6.72. The minimum atomic E-state index is -0.219. The second-order valence-corrected chi connectivity index (χ2v) is 6.02. The molecule has 0 unspecified atom stereocenters. The Morgan fingerprint density at radius 3 is 2.30 bits per heavy atom.